The Balaban J connectivity index is 2.53. The minimum absolute atomic E-state index is 0.0698. The van der Waals surface area contributed by atoms with Crippen LogP contribution in [0.1, 0.15) is 5.56 Å². The zero-order valence-electron chi connectivity index (χ0n) is 7.94. The van der Waals surface area contributed by atoms with Crippen molar-refractivity contribution in [3.63, 3.8) is 0 Å². The van der Waals surface area contributed by atoms with Crippen molar-refractivity contribution in [2.24, 2.45) is 0 Å². The molecule has 6 heteroatoms. The van der Waals surface area contributed by atoms with Crippen molar-refractivity contribution in [1.29, 1.82) is 0 Å². The fraction of sp³-hybridized carbons (Fsp3) is 0.100. The first kappa shape index (κ1) is 10.6. The minimum atomic E-state index is -1.27. The number of rotatable bonds is 2. The summed E-state index contributed by atoms with van der Waals surface area (Å²) >= 11 is 5.87. The minimum Gasteiger partial charge on any atom is -0.515 e. The van der Waals surface area contributed by atoms with Crippen LogP contribution in [0.2, 0.25) is 5.02 Å². The largest absolute Gasteiger partial charge is 0.515 e. The molecule has 1 aliphatic heterocycles. The first-order valence-electron chi connectivity index (χ1n) is 4.30. The average molecular weight is 243 g/mol. The number of carboxylic acid groups (broad SMARTS) is 1. The second-order valence-corrected chi connectivity index (χ2v) is 3.44. The summed E-state index contributed by atoms with van der Waals surface area (Å²) in [5.41, 5.74) is -0.121. The molecule has 16 heavy (non-hydrogen) atoms. The van der Waals surface area contributed by atoms with Gasteiger partial charge in [0.1, 0.15) is 5.57 Å². The Labute approximate surface area is 95.5 Å². The number of benzene rings is 1. The van der Waals surface area contributed by atoms with Crippen LogP contribution >= 0.6 is 11.6 Å². The molecule has 1 heterocycles. The van der Waals surface area contributed by atoms with E-state index in [1.165, 1.54) is 12.1 Å². The number of hydrogen-bond acceptors (Lipinski definition) is 4. The van der Waals surface area contributed by atoms with Gasteiger partial charge >= 0.3 is 5.97 Å². The molecular weight excluding hydrogens is 236 g/mol. The highest BCUT2D eigenvalue weighted by molar-refractivity contribution is 6.34. The number of carboxylic acids is 1. The lowest BCUT2D eigenvalue weighted by Gasteiger charge is -2.05. The van der Waals surface area contributed by atoms with Crippen molar-refractivity contribution < 1.29 is 24.5 Å². The van der Waals surface area contributed by atoms with Crippen LogP contribution in [0.4, 0.5) is 0 Å². The third kappa shape index (κ3) is 1.65. The normalized spacial score (nSPS) is 13.9. The topological polar surface area (TPSA) is 76.0 Å². The highest BCUT2D eigenvalue weighted by atomic mass is 35.5. The number of aliphatic hydroxyl groups excluding tert-OH is 1. The van der Waals surface area contributed by atoms with E-state index in [0.717, 1.165) is 0 Å². The van der Waals surface area contributed by atoms with Crippen LogP contribution in [0.25, 0.3) is 5.57 Å². The number of carbonyl (C=O) groups is 1. The Bertz CT molecular complexity index is 480. The molecule has 1 aliphatic rings. The van der Waals surface area contributed by atoms with Gasteiger partial charge in [-0.3, -0.25) is 0 Å². The second kappa shape index (κ2) is 3.94. The van der Waals surface area contributed by atoms with Gasteiger partial charge in [-0.1, -0.05) is 11.6 Å². The highest BCUT2D eigenvalue weighted by Gasteiger charge is 2.21. The van der Waals surface area contributed by atoms with Gasteiger partial charge in [0.25, 0.3) is 0 Å². The van der Waals surface area contributed by atoms with Gasteiger partial charge < -0.3 is 19.7 Å². The number of ether oxygens (including phenoxy) is 2. The van der Waals surface area contributed by atoms with Gasteiger partial charge in [0.15, 0.2) is 11.5 Å². The molecule has 0 radical (unpaired) electrons. The SMILES string of the molecule is O=C(O)C(=CO)c1cc2c(cc1Cl)OCO2. The van der Waals surface area contributed by atoms with Crippen molar-refractivity contribution in [2.45, 2.75) is 0 Å². The van der Waals surface area contributed by atoms with Gasteiger partial charge in [-0.25, -0.2) is 4.79 Å². The van der Waals surface area contributed by atoms with E-state index in [0.29, 0.717) is 17.8 Å². The predicted octanol–water partition coefficient (Wildman–Crippen LogP) is 2.05. The Morgan fingerprint density at radius 1 is 1.38 bits per heavy atom. The first-order chi connectivity index (χ1) is 7.63. The number of halogens is 1. The third-order valence-corrected chi connectivity index (χ3v) is 2.42. The van der Waals surface area contributed by atoms with Gasteiger partial charge in [0.2, 0.25) is 6.79 Å². The van der Waals surface area contributed by atoms with Gasteiger partial charge in [-0.2, -0.15) is 0 Å². The van der Waals surface area contributed by atoms with Crippen molar-refractivity contribution in [3.05, 3.63) is 29.0 Å². The van der Waals surface area contributed by atoms with E-state index in [2.05, 4.69) is 0 Å². The van der Waals surface area contributed by atoms with E-state index in [9.17, 15) is 4.79 Å². The zero-order chi connectivity index (χ0) is 11.7. The maximum Gasteiger partial charge on any atom is 0.339 e. The number of aliphatic hydroxyl groups is 1. The number of aliphatic carboxylic acids is 1. The molecule has 0 aliphatic carbocycles. The van der Waals surface area contributed by atoms with Crippen LogP contribution in [0.5, 0.6) is 11.5 Å². The number of fused-ring (bicyclic) bond motifs is 1. The molecule has 84 valence electrons. The Kier molecular flexibility index (Phi) is 2.62. The van der Waals surface area contributed by atoms with Crippen molar-refractivity contribution >= 4 is 23.1 Å². The predicted molar refractivity (Wildman–Crippen MR) is 55.8 cm³/mol. The molecule has 0 aromatic heterocycles. The second-order valence-electron chi connectivity index (χ2n) is 3.03. The molecular formula is C10H7ClO5. The summed E-state index contributed by atoms with van der Waals surface area (Å²) < 4.78 is 10.2. The van der Waals surface area contributed by atoms with Gasteiger partial charge in [-0.15, -0.1) is 0 Å². The molecule has 0 saturated carbocycles. The summed E-state index contributed by atoms with van der Waals surface area (Å²) in [4.78, 5) is 10.8. The van der Waals surface area contributed by atoms with Gasteiger partial charge in [0, 0.05) is 11.6 Å². The highest BCUT2D eigenvalue weighted by Crippen LogP contribution is 2.39. The molecule has 0 fully saturated rings. The Morgan fingerprint density at radius 2 is 2.00 bits per heavy atom. The molecule has 5 nitrogen and oxygen atoms in total. The lowest BCUT2D eigenvalue weighted by molar-refractivity contribution is -0.130. The van der Waals surface area contributed by atoms with Crippen molar-refractivity contribution in [2.75, 3.05) is 6.79 Å². The Hall–Kier alpha value is -1.88. The Morgan fingerprint density at radius 3 is 2.56 bits per heavy atom. The van der Waals surface area contributed by atoms with Gasteiger partial charge in [0.05, 0.1) is 11.3 Å². The molecule has 2 N–H and O–H groups in total. The fourth-order valence-electron chi connectivity index (χ4n) is 1.36. The molecule has 0 spiro atoms. The van der Waals surface area contributed by atoms with E-state index >= 15 is 0 Å². The summed E-state index contributed by atoms with van der Waals surface area (Å²) in [5, 5.41) is 17.9. The van der Waals surface area contributed by atoms with E-state index in [4.69, 9.17) is 31.3 Å². The standard InChI is InChI=1S/C10H7ClO5/c11-7-2-9-8(15-4-16-9)1-5(7)6(3-12)10(13)14/h1-3,12H,4H2,(H,13,14). The van der Waals surface area contributed by atoms with Crippen LogP contribution in [-0.2, 0) is 4.79 Å². The van der Waals surface area contributed by atoms with Crippen LogP contribution in [-0.4, -0.2) is 23.0 Å². The quantitative estimate of drug-likeness (QED) is 0.613. The van der Waals surface area contributed by atoms with Crippen molar-refractivity contribution in [3.8, 4) is 11.5 Å². The van der Waals surface area contributed by atoms with E-state index in [1.54, 1.807) is 0 Å². The molecule has 1 aromatic carbocycles. The molecule has 0 saturated heterocycles. The third-order valence-electron chi connectivity index (χ3n) is 2.11. The smallest absolute Gasteiger partial charge is 0.339 e. The lowest BCUT2D eigenvalue weighted by Crippen LogP contribution is -2.00. The average Bonchev–Trinajstić information content (AvgIpc) is 2.65. The molecule has 0 unspecified atom stereocenters. The molecule has 0 amide bonds. The maximum atomic E-state index is 10.8. The molecule has 2 rings (SSSR count). The maximum absolute atomic E-state index is 10.8. The fourth-order valence-corrected chi connectivity index (χ4v) is 1.62. The van der Waals surface area contributed by atoms with Gasteiger partial charge in [-0.05, 0) is 6.07 Å². The van der Waals surface area contributed by atoms with E-state index in [-0.39, 0.29) is 23.0 Å². The lowest BCUT2D eigenvalue weighted by atomic mass is 10.1. The molecule has 0 bridgehead atoms. The van der Waals surface area contributed by atoms with Crippen LogP contribution in [0.15, 0.2) is 18.4 Å². The van der Waals surface area contributed by atoms with Crippen LogP contribution < -0.4 is 9.47 Å². The van der Waals surface area contributed by atoms with Crippen LogP contribution in [0.3, 0.4) is 0 Å². The first-order valence-corrected chi connectivity index (χ1v) is 4.68. The molecule has 1 aromatic rings. The molecule has 0 atom stereocenters. The zero-order valence-corrected chi connectivity index (χ0v) is 8.69. The summed E-state index contributed by atoms with van der Waals surface area (Å²) in [7, 11) is 0. The number of hydrogen-bond donors (Lipinski definition) is 2. The van der Waals surface area contributed by atoms with E-state index in [1.807, 2.05) is 0 Å². The summed E-state index contributed by atoms with van der Waals surface area (Å²) in [6, 6.07) is 2.87. The monoisotopic (exact) mass is 242 g/mol. The summed E-state index contributed by atoms with van der Waals surface area (Å²) in [6.07, 6.45) is 0.492. The van der Waals surface area contributed by atoms with Crippen LogP contribution in [0, 0.1) is 0 Å². The summed E-state index contributed by atoms with van der Waals surface area (Å²) in [6.45, 7) is 0.0698. The summed E-state index contributed by atoms with van der Waals surface area (Å²) in [5.74, 6) is -0.417. The van der Waals surface area contributed by atoms with E-state index < -0.39 is 5.97 Å². The van der Waals surface area contributed by atoms with Crippen molar-refractivity contribution in [1.82, 2.24) is 0 Å².